The molecule has 1 aliphatic rings. The Morgan fingerprint density at radius 1 is 1.13 bits per heavy atom. The zero-order chi connectivity index (χ0) is 28.3. The first-order valence-electron chi connectivity index (χ1n) is 11.7. The van der Waals surface area contributed by atoms with Gasteiger partial charge in [-0.3, -0.25) is 33.5 Å². The number of nitrogens with zero attached hydrogens (tertiary/aromatic N) is 7. The molecule has 5 rings (SSSR count). The van der Waals surface area contributed by atoms with Gasteiger partial charge in [-0.05, 0) is 32.8 Å². The van der Waals surface area contributed by atoms with Crippen LogP contribution in [-0.2, 0) is 34.9 Å². The van der Waals surface area contributed by atoms with Crippen molar-refractivity contribution in [2.45, 2.75) is 44.9 Å². The van der Waals surface area contributed by atoms with Gasteiger partial charge >= 0.3 is 11.9 Å². The Labute approximate surface area is 217 Å². The summed E-state index contributed by atoms with van der Waals surface area (Å²) in [7, 11) is 1.41. The smallest absolute Gasteiger partial charge is 0.309 e. The summed E-state index contributed by atoms with van der Waals surface area (Å²) in [4.78, 5) is 67.1. The molecule has 4 heterocycles. The van der Waals surface area contributed by atoms with Crippen LogP contribution in [0.2, 0.25) is 0 Å². The zero-order valence-electron chi connectivity index (χ0n) is 20.9. The van der Waals surface area contributed by atoms with Crippen molar-refractivity contribution in [1.29, 1.82) is 0 Å². The van der Waals surface area contributed by atoms with Crippen molar-refractivity contribution >= 4 is 28.7 Å². The predicted octanol–water partition coefficient (Wildman–Crippen LogP) is 1.79. The van der Waals surface area contributed by atoms with Gasteiger partial charge in [0, 0.05) is 24.5 Å². The highest BCUT2D eigenvalue weighted by molar-refractivity contribution is 5.99. The molecular weight excluding hydrogens is 521 g/mol. The largest absolute Gasteiger partial charge is 0.418 e. The van der Waals surface area contributed by atoms with Crippen molar-refractivity contribution in [2.24, 2.45) is 7.05 Å². The Bertz CT molecular complexity index is 1780. The minimum absolute atomic E-state index is 0.0174. The van der Waals surface area contributed by atoms with E-state index in [0.29, 0.717) is 12.8 Å². The molecule has 0 bridgehead atoms. The van der Waals surface area contributed by atoms with E-state index >= 15 is 0 Å². The van der Waals surface area contributed by atoms with Crippen LogP contribution < -0.4 is 16.6 Å². The summed E-state index contributed by atoms with van der Waals surface area (Å²) in [5.74, 6) is -0.982. The number of carbonyl (C=O) groups is 2. The molecule has 0 radical (unpaired) electrons. The first-order chi connectivity index (χ1) is 18.3. The van der Waals surface area contributed by atoms with Crippen molar-refractivity contribution in [3.8, 4) is 11.3 Å². The molecule has 1 amide bonds. The lowest BCUT2D eigenvalue weighted by molar-refractivity contribution is -0.138. The molecule has 0 spiro atoms. The Morgan fingerprint density at radius 3 is 2.49 bits per heavy atom. The number of hydrogen-bond acceptors (Lipinski definition) is 8. The molecule has 15 heteroatoms. The summed E-state index contributed by atoms with van der Waals surface area (Å²) < 4.78 is 43.3. The average Bonchev–Trinajstić information content (AvgIpc) is 3.56. The van der Waals surface area contributed by atoms with Gasteiger partial charge in [-0.25, -0.2) is 14.8 Å². The second-order valence-electron chi connectivity index (χ2n) is 9.35. The molecule has 12 nitrogen and oxygen atoms in total. The van der Waals surface area contributed by atoms with E-state index in [4.69, 9.17) is 0 Å². The Balaban J connectivity index is 1.50. The number of alkyl halides is 3. The lowest BCUT2D eigenvalue weighted by atomic mass is 10.1. The molecule has 0 aromatic carbocycles. The molecule has 0 atom stereocenters. The van der Waals surface area contributed by atoms with Crippen LogP contribution in [0, 0.1) is 6.92 Å². The lowest BCUT2D eigenvalue weighted by Crippen LogP contribution is -2.42. The maximum Gasteiger partial charge on any atom is 0.418 e. The number of hydrogen-bond donors (Lipinski definition) is 1. The number of halogens is 3. The van der Waals surface area contributed by atoms with Crippen LogP contribution in [0.5, 0.6) is 0 Å². The molecule has 1 saturated carbocycles. The fourth-order valence-electron chi connectivity index (χ4n) is 4.41. The van der Waals surface area contributed by atoms with Crippen LogP contribution in [0.15, 0.2) is 40.6 Å². The minimum Gasteiger partial charge on any atom is -0.309 e. The summed E-state index contributed by atoms with van der Waals surface area (Å²) in [5, 5.41) is 2.62. The lowest BCUT2D eigenvalue weighted by Gasteiger charge is -2.18. The third-order valence-corrected chi connectivity index (χ3v) is 6.58. The third-order valence-electron chi connectivity index (χ3n) is 6.58. The quantitative estimate of drug-likeness (QED) is 0.388. The molecule has 202 valence electrons. The van der Waals surface area contributed by atoms with Crippen LogP contribution >= 0.6 is 0 Å². The summed E-state index contributed by atoms with van der Waals surface area (Å²) in [6.07, 6.45) is 1.07. The van der Waals surface area contributed by atoms with Crippen molar-refractivity contribution in [3.05, 3.63) is 63.1 Å². The molecule has 0 aliphatic heterocycles. The number of aryl methyl sites for hydroxylation is 2. The molecule has 1 fully saturated rings. The average molecular weight is 542 g/mol. The fourth-order valence-corrected chi connectivity index (χ4v) is 4.41. The first-order valence-corrected chi connectivity index (χ1v) is 11.7. The molecule has 39 heavy (non-hydrogen) atoms. The van der Waals surface area contributed by atoms with Gasteiger partial charge < -0.3 is 9.88 Å². The van der Waals surface area contributed by atoms with E-state index in [2.05, 4.69) is 25.3 Å². The maximum absolute atomic E-state index is 13.4. The number of amides is 1. The molecule has 1 N–H and O–H groups in total. The Kier molecular flexibility index (Phi) is 5.96. The van der Waals surface area contributed by atoms with E-state index in [1.165, 1.54) is 50.4 Å². The summed E-state index contributed by atoms with van der Waals surface area (Å²) in [5.41, 5.74) is -3.64. The molecular formula is C24H21F3N8O4. The van der Waals surface area contributed by atoms with E-state index in [0.717, 1.165) is 15.2 Å². The topological polar surface area (TPSA) is 147 Å². The second-order valence-corrected chi connectivity index (χ2v) is 9.35. The number of ketones is 1. The summed E-state index contributed by atoms with van der Waals surface area (Å²) >= 11 is 0. The van der Waals surface area contributed by atoms with Gasteiger partial charge in [0.25, 0.3) is 11.5 Å². The number of aromatic nitrogens is 7. The van der Waals surface area contributed by atoms with Gasteiger partial charge in [0.2, 0.25) is 0 Å². The van der Waals surface area contributed by atoms with E-state index in [1.54, 1.807) is 0 Å². The number of fused-ring (bicyclic) bond motifs is 1. The number of imidazole rings is 1. The third kappa shape index (κ3) is 4.38. The van der Waals surface area contributed by atoms with Crippen LogP contribution in [0.3, 0.4) is 0 Å². The van der Waals surface area contributed by atoms with E-state index in [1.807, 2.05) is 0 Å². The highest BCUT2D eigenvalue weighted by Crippen LogP contribution is 2.45. The fraction of sp³-hybridized carbons (Fsp3) is 0.333. The van der Waals surface area contributed by atoms with Gasteiger partial charge in [-0.2, -0.15) is 13.2 Å². The highest BCUT2D eigenvalue weighted by atomic mass is 19.4. The minimum atomic E-state index is -4.61. The molecule has 0 unspecified atom stereocenters. The zero-order valence-corrected chi connectivity index (χ0v) is 20.9. The van der Waals surface area contributed by atoms with E-state index < -0.39 is 46.8 Å². The van der Waals surface area contributed by atoms with Crippen LogP contribution in [0.25, 0.3) is 22.4 Å². The molecule has 1 aliphatic carbocycles. The molecule has 4 aromatic rings. The van der Waals surface area contributed by atoms with Gasteiger partial charge in [0.15, 0.2) is 17.0 Å². The standard InChI is InChI=1S/C24H21F3N8O4/c1-12(36)10-34-20(37)18-19(33(3)22(34)39)30-11-35(18)23(4-5-23)21(38)32-17-9-28-8-16(31-17)14-6-15(24(25,26)27)13(2)29-7-14/h6-9,11H,4-5,10H2,1-3H3,(H,31,32,38). The van der Waals surface area contributed by atoms with Gasteiger partial charge in [-0.1, -0.05) is 0 Å². The molecule has 4 aromatic heterocycles. The van der Waals surface area contributed by atoms with Gasteiger partial charge in [0.1, 0.15) is 11.3 Å². The van der Waals surface area contributed by atoms with Crippen LogP contribution in [0.1, 0.15) is 31.0 Å². The number of pyridine rings is 1. The van der Waals surface area contributed by atoms with Crippen molar-refractivity contribution in [1.82, 2.24) is 33.6 Å². The normalized spacial score (nSPS) is 14.4. The Hall–Kier alpha value is -4.69. The van der Waals surface area contributed by atoms with E-state index in [9.17, 15) is 32.3 Å². The first kappa shape index (κ1) is 25.9. The van der Waals surface area contributed by atoms with Gasteiger partial charge in [0.05, 0.1) is 36.5 Å². The van der Waals surface area contributed by atoms with Crippen LogP contribution in [0.4, 0.5) is 19.0 Å². The Morgan fingerprint density at radius 2 is 1.85 bits per heavy atom. The van der Waals surface area contributed by atoms with E-state index in [-0.39, 0.29) is 33.9 Å². The number of carbonyl (C=O) groups excluding carboxylic acids is 2. The van der Waals surface area contributed by atoms with Crippen molar-refractivity contribution < 1.29 is 22.8 Å². The second kappa shape index (κ2) is 8.96. The highest BCUT2D eigenvalue weighted by Gasteiger charge is 2.53. The monoisotopic (exact) mass is 542 g/mol. The predicted molar refractivity (Wildman–Crippen MR) is 131 cm³/mol. The SMILES string of the molecule is CC(=O)Cn1c(=O)c2c(ncn2C2(C(=O)Nc3cncc(-c4cnc(C)c(C(F)(F)F)c4)n3)CC2)n(C)c1=O. The van der Waals surface area contributed by atoms with Crippen LogP contribution in [-0.4, -0.2) is 45.3 Å². The summed E-state index contributed by atoms with van der Waals surface area (Å²) in [6, 6.07) is 0.911. The number of Topliss-reactive ketones (excluding diaryl/α,β-unsaturated/α-hetero) is 1. The number of nitrogens with one attached hydrogen (secondary N) is 1. The number of anilines is 1. The van der Waals surface area contributed by atoms with Crippen molar-refractivity contribution in [3.63, 3.8) is 0 Å². The maximum atomic E-state index is 13.4. The molecule has 0 saturated heterocycles. The van der Waals surface area contributed by atoms with Crippen molar-refractivity contribution in [2.75, 3.05) is 5.32 Å². The van der Waals surface area contributed by atoms with Gasteiger partial charge in [-0.15, -0.1) is 0 Å². The number of rotatable bonds is 6. The summed E-state index contributed by atoms with van der Waals surface area (Å²) in [6.45, 7) is 2.06.